The van der Waals surface area contributed by atoms with Crippen molar-refractivity contribution in [1.82, 2.24) is 4.98 Å². The average Bonchev–Trinajstić information content (AvgIpc) is 3.06. The molecule has 25 heavy (non-hydrogen) atoms. The lowest BCUT2D eigenvalue weighted by atomic mass is 10.2. The summed E-state index contributed by atoms with van der Waals surface area (Å²) in [6.45, 7) is 0. The van der Waals surface area contributed by atoms with Gasteiger partial charge in [0.2, 0.25) is 11.6 Å². The lowest BCUT2D eigenvalue weighted by molar-refractivity contribution is 0.620. The van der Waals surface area contributed by atoms with Gasteiger partial charge in [0.15, 0.2) is 5.58 Å². The summed E-state index contributed by atoms with van der Waals surface area (Å²) in [5.41, 5.74) is 6.29. The van der Waals surface area contributed by atoms with Crippen LogP contribution in [-0.4, -0.2) is 24.8 Å². The molecule has 7 nitrogen and oxygen atoms in total. The molecule has 1 aromatic heterocycles. The molecule has 122 valence electrons. The van der Waals surface area contributed by atoms with Crippen LogP contribution in [0.5, 0.6) is 0 Å². The van der Waals surface area contributed by atoms with Crippen LogP contribution in [0, 0.1) is 22.7 Å². The first-order chi connectivity index (χ1) is 12.1. The number of oxazole rings is 1. The number of hydrazone groups is 1. The third kappa shape index (κ3) is 3.41. The Morgan fingerprint density at radius 3 is 2.48 bits per heavy atom. The summed E-state index contributed by atoms with van der Waals surface area (Å²) in [7, 11) is 3.96. The second-order valence-corrected chi connectivity index (χ2v) is 5.44. The van der Waals surface area contributed by atoms with E-state index in [0.29, 0.717) is 22.7 Å². The van der Waals surface area contributed by atoms with Gasteiger partial charge in [-0.1, -0.05) is 0 Å². The number of nitriles is 2. The molecule has 0 atom stereocenters. The fourth-order valence-corrected chi connectivity index (χ4v) is 2.22. The highest BCUT2D eigenvalue weighted by Gasteiger charge is 2.09. The summed E-state index contributed by atoms with van der Waals surface area (Å²) in [4.78, 5) is 6.51. The molecule has 0 bridgehead atoms. The summed E-state index contributed by atoms with van der Waals surface area (Å²) >= 11 is 0. The first-order valence-corrected chi connectivity index (χ1v) is 7.43. The molecule has 0 amide bonds. The van der Waals surface area contributed by atoms with Gasteiger partial charge in [0.05, 0.1) is 5.69 Å². The topological polar surface area (TPSA) is 101 Å². The van der Waals surface area contributed by atoms with Gasteiger partial charge in [-0.15, -0.1) is 0 Å². The molecule has 0 fully saturated rings. The van der Waals surface area contributed by atoms with Crippen LogP contribution in [0.15, 0.2) is 52.0 Å². The summed E-state index contributed by atoms with van der Waals surface area (Å²) < 4.78 is 5.78. The van der Waals surface area contributed by atoms with Crippen LogP contribution in [0.25, 0.3) is 22.6 Å². The molecule has 3 aromatic rings. The minimum Gasteiger partial charge on any atom is -0.436 e. The SMILES string of the molecule is CN(C)c1ccc(-c2nc3cc(NN=C(C#N)C#N)ccc3o2)cc1. The van der Waals surface area contributed by atoms with Gasteiger partial charge in [-0.05, 0) is 42.5 Å². The predicted octanol–water partition coefficient (Wildman–Crippen LogP) is 3.38. The maximum atomic E-state index is 8.69. The minimum absolute atomic E-state index is 0.248. The van der Waals surface area contributed by atoms with Gasteiger partial charge in [-0.25, -0.2) is 4.98 Å². The Morgan fingerprint density at radius 1 is 1.12 bits per heavy atom. The standard InChI is InChI=1S/C18H14N6O/c1-24(2)15-6-3-12(4-7-15)18-21-16-9-13(5-8-17(16)25-18)22-23-14(10-19)11-20/h3-9,22H,1-2H3. The molecule has 0 aliphatic heterocycles. The minimum atomic E-state index is -0.248. The van der Waals surface area contributed by atoms with E-state index in [-0.39, 0.29) is 5.71 Å². The van der Waals surface area contributed by atoms with Crippen LogP contribution in [0.3, 0.4) is 0 Å². The number of nitrogens with zero attached hydrogens (tertiary/aromatic N) is 5. The van der Waals surface area contributed by atoms with Gasteiger partial charge in [-0.3, -0.25) is 5.43 Å². The molecule has 7 heteroatoms. The summed E-state index contributed by atoms with van der Waals surface area (Å²) in [5.74, 6) is 0.524. The Kier molecular flexibility index (Phi) is 4.32. The van der Waals surface area contributed by atoms with E-state index in [9.17, 15) is 0 Å². The largest absolute Gasteiger partial charge is 0.436 e. The van der Waals surface area contributed by atoms with Crippen molar-refractivity contribution in [3.8, 4) is 23.6 Å². The molecular weight excluding hydrogens is 316 g/mol. The Balaban J connectivity index is 1.89. The predicted molar refractivity (Wildman–Crippen MR) is 96.1 cm³/mol. The smallest absolute Gasteiger partial charge is 0.237 e. The zero-order valence-electron chi connectivity index (χ0n) is 13.7. The molecule has 2 aromatic carbocycles. The van der Waals surface area contributed by atoms with Crippen molar-refractivity contribution < 1.29 is 4.42 Å². The summed E-state index contributed by atoms with van der Waals surface area (Å²) in [6.07, 6.45) is 0. The quantitative estimate of drug-likeness (QED) is 0.581. The van der Waals surface area contributed by atoms with E-state index in [1.807, 2.05) is 43.3 Å². The maximum absolute atomic E-state index is 8.69. The maximum Gasteiger partial charge on any atom is 0.237 e. The van der Waals surface area contributed by atoms with Crippen molar-refractivity contribution >= 4 is 28.2 Å². The van der Waals surface area contributed by atoms with Crippen molar-refractivity contribution in [1.29, 1.82) is 10.5 Å². The van der Waals surface area contributed by atoms with Gasteiger partial charge in [0.25, 0.3) is 0 Å². The number of nitrogens with one attached hydrogen (secondary N) is 1. The number of hydrogen-bond donors (Lipinski definition) is 1. The molecule has 0 aliphatic carbocycles. The molecule has 0 aliphatic rings. The highest BCUT2D eigenvalue weighted by Crippen LogP contribution is 2.27. The van der Waals surface area contributed by atoms with Gasteiger partial charge in [0, 0.05) is 25.3 Å². The third-order valence-corrected chi connectivity index (χ3v) is 3.53. The van der Waals surface area contributed by atoms with Crippen LogP contribution in [0.2, 0.25) is 0 Å². The molecule has 1 heterocycles. The zero-order valence-corrected chi connectivity index (χ0v) is 13.7. The molecule has 3 rings (SSSR count). The van der Waals surface area contributed by atoms with Gasteiger partial charge < -0.3 is 9.32 Å². The van der Waals surface area contributed by atoms with Crippen LogP contribution >= 0.6 is 0 Å². The van der Waals surface area contributed by atoms with E-state index < -0.39 is 0 Å². The first-order valence-electron chi connectivity index (χ1n) is 7.43. The molecule has 1 N–H and O–H groups in total. The Bertz CT molecular complexity index is 1000. The third-order valence-electron chi connectivity index (χ3n) is 3.53. The van der Waals surface area contributed by atoms with Crippen LogP contribution < -0.4 is 10.3 Å². The average molecular weight is 330 g/mol. The Morgan fingerprint density at radius 2 is 1.84 bits per heavy atom. The van der Waals surface area contributed by atoms with E-state index in [2.05, 4.69) is 15.5 Å². The highest BCUT2D eigenvalue weighted by molar-refractivity contribution is 6.10. The Labute approximate surface area is 144 Å². The van der Waals surface area contributed by atoms with Crippen LogP contribution in [0.1, 0.15) is 0 Å². The fourth-order valence-electron chi connectivity index (χ4n) is 2.22. The number of hydrogen-bond acceptors (Lipinski definition) is 7. The second-order valence-electron chi connectivity index (χ2n) is 5.44. The summed E-state index contributed by atoms with van der Waals surface area (Å²) in [6, 6.07) is 16.5. The van der Waals surface area contributed by atoms with Crippen molar-refractivity contribution in [3.05, 3.63) is 42.5 Å². The van der Waals surface area contributed by atoms with Gasteiger partial charge >= 0.3 is 0 Å². The molecular formula is C18H14N6O. The molecule has 0 radical (unpaired) electrons. The number of fused-ring (bicyclic) bond motifs is 1. The van der Waals surface area contributed by atoms with E-state index in [0.717, 1.165) is 11.3 Å². The normalized spacial score (nSPS) is 9.92. The lowest BCUT2D eigenvalue weighted by Gasteiger charge is -2.11. The zero-order chi connectivity index (χ0) is 17.8. The van der Waals surface area contributed by atoms with Crippen LogP contribution in [0.4, 0.5) is 11.4 Å². The number of benzene rings is 2. The van der Waals surface area contributed by atoms with Crippen molar-refractivity contribution in [2.24, 2.45) is 5.10 Å². The second kappa shape index (κ2) is 6.73. The van der Waals surface area contributed by atoms with E-state index >= 15 is 0 Å². The van der Waals surface area contributed by atoms with Crippen molar-refractivity contribution in [2.75, 3.05) is 24.4 Å². The number of aromatic nitrogens is 1. The van der Waals surface area contributed by atoms with E-state index in [4.69, 9.17) is 14.9 Å². The number of anilines is 2. The first kappa shape index (κ1) is 16.0. The molecule has 0 spiro atoms. The Hall–Kier alpha value is -3.84. The monoisotopic (exact) mass is 330 g/mol. The molecule has 0 saturated heterocycles. The van der Waals surface area contributed by atoms with Crippen molar-refractivity contribution in [3.63, 3.8) is 0 Å². The fraction of sp³-hybridized carbons (Fsp3) is 0.111. The van der Waals surface area contributed by atoms with E-state index in [1.54, 1.807) is 30.3 Å². The molecule has 0 saturated carbocycles. The van der Waals surface area contributed by atoms with Gasteiger partial charge in [-0.2, -0.15) is 15.6 Å². The van der Waals surface area contributed by atoms with Crippen LogP contribution in [-0.2, 0) is 0 Å². The van der Waals surface area contributed by atoms with E-state index in [1.165, 1.54) is 0 Å². The highest BCUT2D eigenvalue weighted by atomic mass is 16.3. The number of rotatable bonds is 4. The lowest BCUT2D eigenvalue weighted by Crippen LogP contribution is -2.07. The summed E-state index contributed by atoms with van der Waals surface area (Å²) in [5, 5.41) is 21.1. The van der Waals surface area contributed by atoms with Gasteiger partial charge in [0.1, 0.15) is 17.7 Å². The molecule has 0 unspecified atom stereocenters. The van der Waals surface area contributed by atoms with Crippen molar-refractivity contribution in [2.45, 2.75) is 0 Å².